The average molecular weight is 296 g/mol. The summed E-state index contributed by atoms with van der Waals surface area (Å²) in [5.41, 5.74) is 1.41. The highest BCUT2D eigenvalue weighted by Gasteiger charge is 2.19. The third-order valence-corrected chi connectivity index (χ3v) is 3.90. The van der Waals surface area contributed by atoms with Crippen LogP contribution in [0, 0.1) is 0 Å². The highest BCUT2D eigenvalue weighted by atomic mass is 16.2. The van der Waals surface area contributed by atoms with Crippen LogP contribution in [0.1, 0.15) is 30.1 Å². The third kappa shape index (κ3) is 2.93. The summed E-state index contributed by atoms with van der Waals surface area (Å²) in [6.07, 6.45) is 5.63. The van der Waals surface area contributed by atoms with Crippen molar-refractivity contribution in [2.45, 2.75) is 19.8 Å². The molecular formula is C17H20N4O. The molecule has 1 fully saturated rings. The van der Waals surface area contributed by atoms with E-state index in [4.69, 9.17) is 0 Å². The minimum atomic E-state index is -0.0679. The predicted octanol–water partition coefficient (Wildman–Crippen LogP) is 2.74. The Bertz CT molecular complexity index is 621. The number of hydrogen-bond acceptors (Lipinski definition) is 4. The Balaban J connectivity index is 1.79. The molecule has 3 rings (SSSR count). The van der Waals surface area contributed by atoms with Crippen LogP contribution in [0.5, 0.6) is 0 Å². The van der Waals surface area contributed by atoms with Gasteiger partial charge in [0.1, 0.15) is 0 Å². The fourth-order valence-electron chi connectivity index (χ4n) is 2.72. The van der Waals surface area contributed by atoms with Crippen LogP contribution < -0.4 is 9.80 Å². The smallest absolute Gasteiger partial charge is 0.261 e. The highest BCUT2D eigenvalue weighted by molar-refractivity contribution is 6.05. The van der Waals surface area contributed by atoms with Gasteiger partial charge in [-0.2, -0.15) is 0 Å². The third-order valence-electron chi connectivity index (χ3n) is 3.90. The van der Waals surface area contributed by atoms with E-state index in [1.54, 1.807) is 17.3 Å². The lowest BCUT2D eigenvalue weighted by Gasteiger charge is -2.21. The van der Waals surface area contributed by atoms with E-state index in [0.29, 0.717) is 12.1 Å². The molecule has 2 heterocycles. The van der Waals surface area contributed by atoms with Crippen molar-refractivity contribution in [1.82, 2.24) is 9.97 Å². The maximum atomic E-state index is 12.6. The van der Waals surface area contributed by atoms with E-state index in [1.807, 2.05) is 37.3 Å². The number of hydrogen-bond donors (Lipinski definition) is 0. The number of carbonyl (C=O) groups excluding carboxylic acids is 1. The first kappa shape index (κ1) is 14.5. The van der Waals surface area contributed by atoms with Gasteiger partial charge in [-0.15, -0.1) is 0 Å². The second-order valence-electron chi connectivity index (χ2n) is 5.35. The first-order chi connectivity index (χ1) is 10.8. The van der Waals surface area contributed by atoms with Gasteiger partial charge in [-0.25, -0.2) is 9.97 Å². The first-order valence-corrected chi connectivity index (χ1v) is 7.73. The Kier molecular flexibility index (Phi) is 4.32. The summed E-state index contributed by atoms with van der Waals surface area (Å²) in [7, 11) is 0. The van der Waals surface area contributed by atoms with E-state index in [0.717, 1.165) is 24.7 Å². The molecule has 1 saturated heterocycles. The molecule has 1 aromatic heterocycles. The van der Waals surface area contributed by atoms with Crippen LogP contribution in [0.3, 0.4) is 0 Å². The number of para-hydroxylation sites is 1. The quantitative estimate of drug-likeness (QED) is 0.870. The summed E-state index contributed by atoms with van der Waals surface area (Å²) in [6.45, 7) is 4.57. The highest BCUT2D eigenvalue weighted by Crippen LogP contribution is 2.18. The van der Waals surface area contributed by atoms with Crippen molar-refractivity contribution in [3.63, 3.8) is 0 Å². The van der Waals surface area contributed by atoms with Gasteiger partial charge in [-0.3, -0.25) is 4.79 Å². The number of benzene rings is 1. The molecule has 0 spiro atoms. The maximum Gasteiger partial charge on any atom is 0.261 e. The van der Waals surface area contributed by atoms with Crippen LogP contribution in [0.25, 0.3) is 0 Å². The Morgan fingerprint density at radius 3 is 2.36 bits per heavy atom. The van der Waals surface area contributed by atoms with Gasteiger partial charge < -0.3 is 9.80 Å². The van der Waals surface area contributed by atoms with Crippen molar-refractivity contribution in [2.24, 2.45) is 0 Å². The zero-order chi connectivity index (χ0) is 15.4. The molecule has 0 unspecified atom stereocenters. The summed E-state index contributed by atoms with van der Waals surface area (Å²) in [5.74, 6) is 0.651. The largest absolute Gasteiger partial charge is 0.341 e. The van der Waals surface area contributed by atoms with E-state index in [-0.39, 0.29) is 5.91 Å². The molecule has 1 aromatic carbocycles. The van der Waals surface area contributed by atoms with Crippen LogP contribution in [-0.2, 0) is 0 Å². The summed E-state index contributed by atoms with van der Waals surface area (Å²) in [4.78, 5) is 25.2. The van der Waals surface area contributed by atoms with Crippen molar-refractivity contribution in [1.29, 1.82) is 0 Å². The summed E-state index contributed by atoms with van der Waals surface area (Å²) in [6, 6.07) is 9.66. The maximum absolute atomic E-state index is 12.6. The molecule has 5 heteroatoms. The predicted molar refractivity (Wildman–Crippen MR) is 87.3 cm³/mol. The van der Waals surface area contributed by atoms with Crippen molar-refractivity contribution in [2.75, 3.05) is 29.4 Å². The van der Waals surface area contributed by atoms with Gasteiger partial charge in [0.25, 0.3) is 5.91 Å². The molecule has 1 aliphatic heterocycles. The number of aromatic nitrogens is 2. The Hall–Kier alpha value is -2.43. The minimum absolute atomic E-state index is 0.0679. The average Bonchev–Trinajstić information content (AvgIpc) is 3.11. The Morgan fingerprint density at radius 1 is 1.14 bits per heavy atom. The molecule has 1 amide bonds. The minimum Gasteiger partial charge on any atom is -0.341 e. The lowest BCUT2D eigenvalue weighted by molar-refractivity contribution is 0.0987. The van der Waals surface area contributed by atoms with Crippen molar-refractivity contribution in [3.05, 3.63) is 48.3 Å². The van der Waals surface area contributed by atoms with Crippen molar-refractivity contribution < 1.29 is 4.79 Å². The number of amides is 1. The van der Waals surface area contributed by atoms with Crippen molar-refractivity contribution in [3.8, 4) is 0 Å². The normalized spacial score (nSPS) is 14.1. The van der Waals surface area contributed by atoms with E-state index in [1.165, 1.54) is 12.8 Å². The fourth-order valence-corrected chi connectivity index (χ4v) is 2.72. The molecule has 2 aromatic rings. The monoisotopic (exact) mass is 296 g/mol. The van der Waals surface area contributed by atoms with Gasteiger partial charge in [0.2, 0.25) is 5.95 Å². The van der Waals surface area contributed by atoms with E-state index in [9.17, 15) is 4.79 Å². The number of rotatable bonds is 4. The van der Waals surface area contributed by atoms with Crippen LogP contribution in [0.2, 0.25) is 0 Å². The number of nitrogens with zero attached hydrogens (tertiary/aromatic N) is 4. The molecule has 114 valence electrons. The van der Waals surface area contributed by atoms with Crippen LogP contribution in [-0.4, -0.2) is 35.5 Å². The van der Waals surface area contributed by atoms with E-state index < -0.39 is 0 Å². The molecule has 0 bridgehead atoms. The van der Waals surface area contributed by atoms with Crippen LogP contribution in [0.15, 0.2) is 42.7 Å². The zero-order valence-electron chi connectivity index (χ0n) is 12.8. The molecule has 0 N–H and O–H groups in total. The zero-order valence-corrected chi connectivity index (χ0v) is 12.8. The Morgan fingerprint density at radius 2 is 1.77 bits per heavy atom. The molecule has 0 saturated carbocycles. The second-order valence-corrected chi connectivity index (χ2v) is 5.35. The standard InChI is InChI=1S/C17H20N4O/c1-2-21(15-8-4-3-5-9-15)16(22)14-12-18-17(19-13-14)20-10-6-7-11-20/h3-5,8-9,12-13H,2,6-7,10-11H2,1H3. The molecular weight excluding hydrogens is 276 g/mol. The molecule has 0 aliphatic carbocycles. The molecule has 22 heavy (non-hydrogen) atoms. The van der Waals surface area contributed by atoms with E-state index >= 15 is 0 Å². The van der Waals surface area contributed by atoms with E-state index in [2.05, 4.69) is 14.9 Å². The van der Waals surface area contributed by atoms with Crippen LogP contribution >= 0.6 is 0 Å². The van der Waals surface area contributed by atoms with Crippen LogP contribution in [0.4, 0.5) is 11.6 Å². The fraction of sp³-hybridized carbons (Fsp3) is 0.353. The number of anilines is 2. The lowest BCUT2D eigenvalue weighted by atomic mass is 10.2. The van der Waals surface area contributed by atoms with Gasteiger partial charge in [-0.05, 0) is 31.9 Å². The molecule has 0 atom stereocenters. The summed E-state index contributed by atoms with van der Waals surface area (Å²) >= 11 is 0. The molecule has 0 radical (unpaired) electrons. The topological polar surface area (TPSA) is 49.3 Å². The van der Waals surface area contributed by atoms with Crippen molar-refractivity contribution >= 4 is 17.5 Å². The summed E-state index contributed by atoms with van der Waals surface area (Å²) < 4.78 is 0. The van der Waals surface area contributed by atoms with Gasteiger partial charge in [-0.1, -0.05) is 18.2 Å². The Labute approximate surface area is 130 Å². The molecule has 1 aliphatic rings. The first-order valence-electron chi connectivity index (χ1n) is 7.73. The summed E-state index contributed by atoms with van der Waals surface area (Å²) in [5, 5.41) is 0. The lowest BCUT2D eigenvalue weighted by Crippen LogP contribution is -2.31. The second kappa shape index (κ2) is 6.56. The number of carbonyl (C=O) groups is 1. The van der Waals surface area contributed by atoms with Gasteiger partial charge >= 0.3 is 0 Å². The SMILES string of the molecule is CCN(C(=O)c1cnc(N2CCCC2)nc1)c1ccccc1. The molecule has 5 nitrogen and oxygen atoms in total. The van der Waals surface area contributed by atoms with Gasteiger partial charge in [0.15, 0.2) is 0 Å². The van der Waals surface area contributed by atoms with Gasteiger partial charge in [0.05, 0.1) is 5.56 Å². The van der Waals surface area contributed by atoms with Gasteiger partial charge in [0, 0.05) is 37.7 Å².